The highest BCUT2D eigenvalue weighted by molar-refractivity contribution is 5.82. The molecule has 2 rings (SSSR count). The summed E-state index contributed by atoms with van der Waals surface area (Å²) in [6.45, 7) is 2.15. The van der Waals surface area contributed by atoms with Gasteiger partial charge in [-0.1, -0.05) is 60.7 Å². The molecule has 0 saturated heterocycles. The second kappa shape index (κ2) is 13.1. The maximum Gasteiger partial charge on any atom is 0.323 e. The van der Waals surface area contributed by atoms with E-state index in [0.29, 0.717) is 13.0 Å². The summed E-state index contributed by atoms with van der Waals surface area (Å²) in [7, 11) is 0. The van der Waals surface area contributed by atoms with Crippen LogP contribution < -0.4 is 11.5 Å². The van der Waals surface area contributed by atoms with E-state index >= 15 is 0 Å². The van der Waals surface area contributed by atoms with Gasteiger partial charge in [-0.2, -0.15) is 0 Å². The number of carboxylic acids is 2. The molecule has 0 aliphatic heterocycles. The van der Waals surface area contributed by atoms with Crippen LogP contribution in [0, 0.1) is 5.92 Å². The number of hydrogen-bond donors (Lipinski definition) is 4. The van der Waals surface area contributed by atoms with Crippen LogP contribution in [0.4, 0.5) is 0 Å². The van der Waals surface area contributed by atoms with E-state index in [-0.39, 0.29) is 12.4 Å². The molecular formula is C22H28N2O6. The van der Waals surface area contributed by atoms with Gasteiger partial charge in [0, 0.05) is 0 Å². The number of carbonyl (C=O) groups excluding carboxylic acids is 1. The molecule has 0 saturated carbocycles. The number of rotatable bonds is 9. The van der Waals surface area contributed by atoms with Crippen LogP contribution in [0.15, 0.2) is 60.7 Å². The normalized spacial score (nSPS) is 13.2. The minimum atomic E-state index is -1.39. The van der Waals surface area contributed by atoms with Crippen molar-refractivity contribution in [1.82, 2.24) is 0 Å². The highest BCUT2D eigenvalue weighted by Crippen LogP contribution is 2.12. The Kier molecular flexibility index (Phi) is 10.8. The van der Waals surface area contributed by atoms with Gasteiger partial charge in [0.15, 0.2) is 0 Å². The summed E-state index contributed by atoms with van der Waals surface area (Å²) < 4.78 is 4.81. The topological polar surface area (TPSA) is 153 Å². The lowest BCUT2D eigenvalue weighted by molar-refractivity contribution is -0.149. The van der Waals surface area contributed by atoms with E-state index in [1.54, 1.807) is 37.3 Å². The van der Waals surface area contributed by atoms with Crippen LogP contribution in [0.25, 0.3) is 0 Å². The standard InChI is InChI=1S/C11H13NO4.C11H15NO2/c12-9(11(15)16)8(10(13)14)6-7-4-2-1-3-5-7;1-2-14-11(13)10(12)8-9-6-4-3-5-7-9/h1-5,8-9H,6,12H2,(H,13,14)(H,15,16);3-7,10H,2,8,12H2,1H3/t8?,9-;10-/m00/s1. The number of hydrogen-bond acceptors (Lipinski definition) is 6. The van der Waals surface area contributed by atoms with Crippen molar-refractivity contribution in [3.8, 4) is 0 Å². The van der Waals surface area contributed by atoms with Crippen LogP contribution in [0.5, 0.6) is 0 Å². The monoisotopic (exact) mass is 416 g/mol. The van der Waals surface area contributed by atoms with Gasteiger partial charge in [-0.15, -0.1) is 0 Å². The third-order valence-corrected chi connectivity index (χ3v) is 4.22. The average Bonchev–Trinajstić information content (AvgIpc) is 2.73. The first kappa shape index (κ1) is 24.8. The zero-order valence-corrected chi connectivity index (χ0v) is 16.8. The Balaban J connectivity index is 0.000000303. The van der Waals surface area contributed by atoms with Gasteiger partial charge < -0.3 is 26.4 Å². The van der Waals surface area contributed by atoms with Gasteiger partial charge in [-0.25, -0.2) is 0 Å². The molecule has 8 nitrogen and oxygen atoms in total. The van der Waals surface area contributed by atoms with Crippen molar-refractivity contribution in [1.29, 1.82) is 0 Å². The van der Waals surface area contributed by atoms with Crippen LogP contribution in [-0.4, -0.2) is 46.8 Å². The van der Waals surface area contributed by atoms with E-state index in [4.69, 9.17) is 26.4 Å². The van der Waals surface area contributed by atoms with Crippen molar-refractivity contribution in [2.24, 2.45) is 17.4 Å². The molecule has 30 heavy (non-hydrogen) atoms. The lowest BCUT2D eigenvalue weighted by Gasteiger charge is -2.16. The average molecular weight is 416 g/mol. The second-order valence-electron chi connectivity index (χ2n) is 6.55. The molecule has 0 heterocycles. The van der Waals surface area contributed by atoms with E-state index < -0.39 is 29.9 Å². The number of nitrogens with two attached hydrogens (primary N) is 2. The van der Waals surface area contributed by atoms with Crippen molar-refractivity contribution in [3.05, 3.63) is 71.8 Å². The van der Waals surface area contributed by atoms with Crippen LogP contribution >= 0.6 is 0 Å². The van der Waals surface area contributed by atoms with Crippen LogP contribution in [0.2, 0.25) is 0 Å². The molecule has 0 bridgehead atoms. The smallest absolute Gasteiger partial charge is 0.323 e. The summed E-state index contributed by atoms with van der Waals surface area (Å²) in [5.41, 5.74) is 12.8. The molecule has 0 spiro atoms. The summed E-state index contributed by atoms with van der Waals surface area (Å²) in [6.07, 6.45) is 0.642. The zero-order chi connectivity index (χ0) is 22.5. The third kappa shape index (κ3) is 8.85. The Hall–Kier alpha value is -3.23. The highest BCUT2D eigenvalue weighted by Gasteiger charge is 2.30. The predicted octanol–water partition coefficient (Wildman–Crippen LogP) is 1.46. The molecule has 2 aromatic carbocycles. The van der Waals surface area contributed by atoms with E-state index in [1.807, 2.05) is 30.3 Å². The molecule has 0 aliphatic rings. The first-order valence-corrected chi connectivity index (χ1v) is 9.47. The SMILES string of the molecule is CCOC(=O)[C@@H](N)Cc1ccccc1.N[C@H](C(=O)O)C(Cc1ccccc1)C(=O)O. The van der Waals surface area contributed by atoms with Gasteiger partial charge in [0.2, 0.25) is 0 Å². The number of ether oxygens (including phenoxy) is 1. The minimum absolute atomic E-state index is 0.115. The molecule has 1 unspecified atom stereocenters. The molecule has 8 heteroatoms. The van der Waals surface area contributed by atoms with Gasteiger partial charge in [0.05, 0.1) is 12.5 Å². The largest absolute Gasteiger partial charge is 0.481 e. The van der Waals surface area contributed by atoms with E-state index in [0.717, 1.165) is 11.1 Å². The lowest BCUT2D eigenvalue weighted by Crippen LogP contribution is -2.43. The van der Waals surface area contributed by atoms with Crippen molar-refractivity contribution in [3.63, 3.8) is 0 Å². The van der Waals surface area contributed by atoms with Gasteiger partial charge >= 0.3 is 17.9 Å². The molecular weight excluding hydrogens is 388 g/mol. The predicted molar refractivity (Wildman–Crippen MR) is 112 cm³/mol. The first-order chi connectivity index (χ1) is 14.3. The summed E-state index contributed by atoms with van der Waals surface area (Å²) in [5.74, 6) is -3.95. The number of carboxylic acid groups (broad SMARTS) is 2. The molecule has 162 valence electrons. The number of esters is 1. The van der Waals surface area contributed by atoms with Crippen LogP contribution in [0.1, 0.15) is 18.1 Å². The van der Waals surface area contributed by atoms with Crippen molar-refractivity contribution in [2.75, 3.05) is 6.61 Å². The van der Waals surface area contributed by atoms with Gasteiger partial charge in [-0.05, 0) is 30.9 Å². The molecule has 0 radical (unpaired) electrons. The van der Waals surface area contributed by atoms with Crippen LogP contribution in [-0.2, 0) is 32.0 Å². The highest BCUT2D eigenvalue weighted by atomic mass is 16.5. The fourth-order valence-corrected chi connectivity index (χ4v) is 2.61. The Labute approximate surface area is 175 Å². The summed E-state index contributed by atoms with van der Waals surface area (Å²) in [6, 6.07) is 16.5. The fourth-order valence-electron chi connectivity index (χ4n) is 2.61. The maximum absolute atomic E-state index is 11.2. The maximum atomic E-state index is 11.2. The third-order valence-electron chi connectivity index (χ3n) is 4.22. The van der Waals surface area contributed by atoms with Gasteiger partial charge in [-0.3, -0.25) is 14.4 Å². The molecule has 3 atom stereocenters. The molecule has 0 amide bonds. The Bertz CT molecular complexity index is 798. The van der Waals surface area contributed by atoms with E-state index in [2.05, 4.69) is 0 Å². The molecule has 2 aromatic rings. The molecule has 0 aromatic heterocycles. The zero-order valence-electron chi connectivity index (χ0n) is 16.8. The van der Waals surface area contributed by atoms with Crippen LogP contribution in [0.3, 0.4) is 0 Å². The minimum Gasteiger partial charge on any atom is -0.481 e. The first-order valence-electron chi connectivity index (χ1n) is 9.47. The molecule has 0 fully saturated rings. The van der Waals surface area contributed by atoms with Crippen molar-refractivity contribution >= 4 is 17.9 Å². The van der Waals surface area contributed by atoms with Crippen molar-refractivity contribution in [2.45, 2.75) is 31.8 Å². The summed E-state index contributed by atoms with van der Waals surface area (Å²) in [4.78, 5) is 32.8. The number of benzene rings is 2. The fraction of sp³-hybridized carbons (Fsp3) is 0.318. The van der Waals surface area contributed by atoms with E-state index in [9.17, 15) is 14.4 Å². The molecule has 6 N–H and O–H groups in total. The van der Waals surface area contributed by atoms with E-state index in [1.165, 1.54) is 0 Å². The molecule has 0 aliphatic carbocycles. The number of aliphatic carboxylic acids is 2. The quantitative estimate of drug-likeness (QED) is 0.448. The van der Waals surface area contributed by atoms with Gasteiger partial charge in [0.25, 0.3) is 0 Å². The second-order valence-corrected chi connectivity index (χ2v) is 6.55. The Morgan fingerprint density at radius 1 is 0.833 bits per heavy atom. The Morgan fingerprint density at radius 3 is 1.70 bits per heavy atom. The van der Waals surface area contributed by atoms with Gasteiger partial charge in [0.1, 0.15) is 12.1 Å². The van der Waals surface area contributed by atoms with Crippen molar-refractivity contribution < 1.29 is 29.3 Å². The summed E-state index contributed by atoms with van der Waals surface area (Å²) >= 11 is 0. The Morgan fingerprint density at radius 2 is 1.30 bits per heavy atom. The lowest BCUT2D eigenvalue weighted by atomic mass is 9.93. The number of carbonyl (C=O) groups is 3. The summed E-state index contributed by atoms with van der Waals surface area (Å²) in [5, 5.41) is 17.6.